The van der Waals surface area contributed by atoms with Crippen molar-refractivity contribution in [2.75, 3.05) is 47.0 Å². The lowest BCUT2D eigenvalue weighted by Gasteiger charge is -2.22. The molecular weight excluding hydrogens is 408 g/mol. The molecule has 2 aromatic carbocycles. The summed E-state index contributed by atoms with van der Waals surface area (Å²) < 4.78 is 16.1. The van der Waals surface area contributed by atoms with E-state index in [2.05, 4.69) is 0 Å². The Morgan fingerprint density at radius 2 is 1.57 bits per heavy atom. The maximum atomic E-state index is 12.9. The average molecular weight is 433 g/mol. The number of rotatable bonds is 6. The lowest BCUT2D eigenvalue weighted by atomic mass is 10.1. The minimum atomic E-state index is -0.106. The van der Waals surface area contributed by atoms with Gasteiger partial charge in [-0.1, -0.05) is 11.6 Å². The van der Waals surface area contributed by atoms with Gasteiger partial charge < -0.3 is 24.0 Å². The van der Waals surface area contributed by atoms with Crippen LogP contribution in [0.4, 0.5) is 0 Å². The predicted octanol–water partition coefficient (Wildman–Crippen LogP) is 3.11. The van der Waals surface area contributed by atoms with Gasteiger partial charge >= 0.3 is 0 Å². The zero-order valence-corrected chi connectivity index (χ0v) is 17.9. The summed E-state index contributed by atoms with van der Waals surface area (Å²) >= 11 is 5.85. The zero-order chi connectivity index (χ0) is 21.5. The first-order valence-electron chi connectivity index (χ1n) is 9.69. The Morgan fingerprint density at radius 1 is 0.900 bits per heavy atom. The highest BCUT2D eigenvalue weighted by atomic mass is 35.5. The molecule has 0 N–H and O–H groups in total. The molecule has 1 fully saturated rings. The van der Waals surface area contributed by atoms with Crippen LogP contribution in [0.1, 0.15) is 16.8 Å². The number of nitrogens with zero attached hydrogens (tertiary/aromatic N) is 2. The van der Waals surface area contributed by atoms with Crippen LogP contribution in [0.15, 0.2) is 42.5 Å². The molecule has 2 amide bonds. The van der Waals surface area contributed by atoms with E-state index in [-0.39, 0.29) is 18.4 Å². The minimum Gasteiger partial charge on any atom is -0.493 e. The lowest BCUT2D eigenvalue weighted by Crippen LogP contribution is -2.39. The molecule has 0 atom stereocenters. The van der Waals surface area contributed by atoms with Gasteiger partial charge in [-0.05, 0) is 48.9 Å². The van der Waals surface area contributed by atoms with Gasteiger partial charge in [0, 0.05) is 36.8 Å². The van der Waals surface area contributed by atoms with E-state index in [4.69, 9.17) is 25.8 Å². The topological polar surface area (TPSA) is 68.3 Å². The number of hydrogen-bond acceptors (Lipinski definition) is 5. The van der Waals surface area contributed by atoms with Crippen molar-refractivity contribution in [1.82, 2.24) is 9.80 Å². The smallest absolute Gasteiger partial charge is 0.260 e. The molecule has 1 aliphatic heterocycles. The lowest BCUT2D eigenvalue weighted by molar-refractivity contribution is -0.133. The first kappa shape index (κ1) is 21.8. The standard InChI is InChI=1S/C22H25ClN2O5/c1-28-19-9-4-16(14-20(19)29-2)22(27)25-11-3-10-24(12-13-25)21(26)15-30-18-7-5-17(23)6-8-18/h4-9,14H,3,10-13,15H2,1-2H3. The van der Waals surface area contributed by atoms with E-state index in [0.717, 1.165) is 0 Å². The number of methoxy groups -OCH3 is 2. The van der Waals surface area contributed by atoms with Gasteiger partial charge in [0.25, 0.3) is 11.8 Å². The van der Waals surface area contributed by atoms with Gasteiger partial charge in [0.2, 0.25) is 0 Å². The van der Waals surface area contributed by atoms with Crippen molar-refractivity contribution in [1.29, 1.82) is 0 Å². The molecule has 3 rings (SSSR count). The summed E-state index contributed by atoms with van der Waals surface area (Å²) in [5.74, 6) is 1.47. The highest BCUT2D eigenvalue weighted by Crippen LogP contribution is 2.28. The molecule has 7 nitrogen and oxygen atoms in total. The largest absolute Gasteiger partial charge is 0.493 e. The molecule has 2 aromatic rings. The summed E-state index contributed by atoms with van der Waals surface area (Å²) in [4.78, 5) is 29.0. The molecule has 1 aliphatic rings. The Morgan fingerprint density at radius 3 is 2.27 bits per heavy atom. The quantitative estimate of drug-likeness (QED) is 0.701. The minimum absolute atomic E-state index is 0.0503. The third-order valence-corrected chi connectivity index (χ3v) is 5.19. The summed E-state index contributed by atoms with van der Waals surface area (Å²) in [5.41, 5.74) is 0.526. The molecule has 0 spiro atoms. The van der Waals surface area contributed by atoms with Crippen molar-refractivity contribution in [2.45, 2.75) is 6.42 Å². The third kappa shape index (κ3) is 5.36. The van der Waals surface area contributed by atoms with E-state index in [0.29, 0.717) is 60.4 Å². The first-order valence-corrected chi connectivity index (χ1v) is 10.1. The van der Waals surface area contributed by atoms with Crippen LogP contribution in [0.5, 0.6) is 17.2 Å². The molecule has 1 saturated heterocycles. The summed E-state index contributed by atoms with van der Waals surface area (Å²) in [7, 11) is 3.09. The van der Waals surface area contributed by atoms with Crippen LogP contribution < -0.4 is 14.2 Å². The Balaban J connectivity index is 1.56. The normalized spacial score (nSPS) is 14.1. The molecule has 0 radical (unpaired) electrons. The second-order valence-corrected chi connectivity index (χ2v) is 7.28. The Kier molecular flexibility index (Phi) is 7.41. The molecule has 0 bridgehead atoms. The fourth-order valence-electron chi connectivity index (χ4n) is 3.29. The summed E-state index contributed by atoms with van der Waals surface area (Å²) in [6, 6.07) is 12.0. The van der Waals surface area contributed by atoms with Crippen LogP contribution in [-0.4, -0.2) is 68.6 Å². The van der Waals surface area contributed by atoms with Crippen LogP contribution in [0, 0.1) is 0 Å². The Bertz CT molecular complexity index is 888. The van der Waals surface area contributed by atoms with Crippen molar-refractivity contribution in [3.8, 4) is 17.2 Å². The maximum absolute atomic E-state index is 12.9. The first-order chi connectivity index (χ1) is 14.5. The molecule has 30 heavy (non-hydrogen) atoms. The summed E-state index contributed by atoms with van der Waals surface area (Å²) in [5, 5.41) is 0.612. The zero-order valence-electron chi connectivity index (χ0n) is 17.1. The molecule has 0 aromatic heterocycles. The van der Waals surface area contributed by atoms with Crippen molar-refractivity contribution >= 4 is 23.4 Å². The van der Waals surface area contributed by atoms with E-state index >= 15 is 0 Å². The fourth-order valence-corrected chi connectivity index (χ4v) is 3.41. The van der Waals surface area contributed by atoms with Crippen molar-refractivity contribution in [2.24, 2.45) is 0 Å². The molecule has 0 unspecified atom stereocenters. The van der Waals surface area contributed by atoms with Gasteiger partial charge in [-0.2, -0.15) is 0 Å². The van der Waals surface area contributed by atoms with Crippen molar-refractivity contribution in [3.63, 3.8) is 0 Å². The molecule has 0 saturated carbocycles. The Hall–Kier alpha value is -2.93. The van der Waals surface area contributed by atoms with Gasteiger partial charge in [-0.25, -0.2) is 0 Å². The number of benzene rings is 2. The number of carbonyl (C=O) groups is 2. The number of ether oxygens (including phenoxy) is 3. The SMILES string of the molecule is COc1ccc(C(=O)N2CCCN(C(=O)COc3ccc(Cl)cc3)CC2)cc1OC. The van der Waals surface area contributed by atoms with Crippen LogP contribution in [0.3, 0.4) is 0 Å². The summed E-state index contributed by atoms with van der Waals surface area (Å²) in [6.45, 7) is 2.03. The fraction of sp³-hybridized carbons (Fsp3) is 0.364. The van der Waals surface area contributed by atoms with E-state index in [1.165, 1.54) is 7.11 Å². The van der Waals surface area contributed by atoms with E-state index < -0.39 is 0 Å². The van der Waals surface area contributed by atoms with E-state index in [1.807, 2.05) is 0 Å². The second-order valence-electron chi connectivity index (χ2n) is 6.84. The van der Waals surface area contributed by atoms with Gasteiger partial charge in [-0.3, -0.25) is 9.59 Å². The maximum Gasteiger partial charge on any atom is 0.260 e. The van der Waals surface area contributed by atoms with Crippen LogP contribution in [0.25, 0.3) is 0 Å². The van der Waals surface area contributed by atoms with Gasteiger partial charge in [-0.15, -0.1) is 0 Å². The second kappa shape index (κ2) is 10.2. The van der Waals surface area contributed by atoms with Crippen LogP contribution in [-0.2, 0) is 4.79 Å². The highest BCUT2D eigenvalue weighted by molar-refractivity contribution is 6.30. The third-order valence-electron chi connectivity index (χ3n) is 4.94. The summed E-state index contributed by atoms with van der Waals surface area (Å²) in [6.07, 6.45) is 0.700. The van der Waals surface area contributed by atoms with Crippen molar-refractivity contribution < 1.29 is 23.8 Å². The Labute approximate surface area is 181 Å². The monoisotopic (exact) mass is 432 g/mol. The van der Waals surface area contributed by atoms with Crippen LogP contribution >= 0.6 is 11.6 Å². The molecule has 0 aliphatic carbocycles. The number of amides is 2. The van der Waals surface area contributed by atoms with Crippen molar-refractivity contribution in [3.05, 3.63) is 53.1 Å². The molecule has 1 heterocycles. The predicted molar refractivity (Wildman–Crippen MR) is 114 cm³/mol. The molecule has 8 heteroatoms. The van der Waals surface area contributed by atoms with Gasteiger partial charge in [0.1, 0.15) is 5.75 Å². The van der Waals surface area contributed by atoms with Gasteiger partial charge in [0.05, 0.1) is 14.2 Å². The average Bonchev–Trinajstić information content (AvgIpc) is 3.04. The van der Waals surface area contributed by atoms with E-state index in [9.17, 15) is 9.59 Å². The van der Waals surface area contributed by atoms with Crippen LogP contribution in [0.2, 0.25) is 5.02 Å². The van der Waals surface area contributed by atoms with Gasteiger partial charge in [0.15, 0.2) is 18.1 Å². The molecule has 160 valence electrons. The number of hydrogen-bond donors (Lipinski definition) is 0. The number of halogens is 1. The highest BCUT2D eigenvalue weighted by Gasteiger charge is 2.23. The number of carbonyl (C=O) groups excluding carboxylic acids is 2. The van der Waals surface area contributed by atoms with E-state index in [1.54, 1.807) is 59.4 Å². The molecular formula is C22H25ClN2O5.